The second-order valence-corrected chi connectivity index (χ2v) is 4.11. The van der Waals surface area contributed by atoms with Crippen molar-refractivity contribution in [2.45, 2.75) is 33.7 Å². The Labute approximate surface area is 107 Å². The lowest BCUT2D eigenvalue weighted by Crippen LogP contribution is -2.07. The van der Waals surface area contributed by atoms with Gasteiger partial charge < -0.3 is 5.32 Å². The number of fused-ring (bicyclic) bond motifs is 1. The Morgan fingerprint density at radius 2 is 2.11 bits per heavy atom. The molecule has 2 aromatic rings. The molecule has 18 heavy (non-hydrogen) atoms. The summed E-state index contributed by atoms with van der Waals surface area (Å²) in [5, 5.41) is 7.77. The summed E-state index contributed by atoms with van der Waals surface area (Å²) in [5.41, 5.74) is 2.87. The highest BCUT2D eigenvalue weighted by Gasteiger charge is 2.14. The Balaban J connectivity index is 2.66. The van der Waals surface area contributed by atoms with Crippen LogP contribution in [-0.2, 0) is 13.0 Å². The summed E-state index contributed by atoms with van der Waals surface area (Å²) in [5.74, 6) is 1.69. The van der Waals surface area contributed by atoms with Crippen LogP contribution in [-0.4, -0.2) is 26.3 Å². The monoisotopic (exact) mass is 245 g/mol. The van der Waals surface area contributed by atoms with Crippen molar-refractivity contribution in [1.29, 1.82) is 0 Å². The summed E-state index contributed by atoms with van der Waals surface area (Å²) in [7, 11) is 0. The van der Waals surface area contributed by atoms with Crippen LogP contribution in [0.2, 0.25) is 0 Å². The molecule has 0 spiro atoms. The third-order valence-corrected chi connectivity index (χ3v) is 2.83. The minimum Gasteiger partial charge on any atom is -0.365 e. The van der Waals surface area contributed by atoms with Crippen LogP contribution in [0.25, 0.3) is 11.0 Å². The fraction of sp³-hybridized carbons (Fsp3) is 0.462. The van der Waals surface area contributed by atoms with Gasteiger partial charge in [0.05, 0.1) is 5.69 Å². The van der Waals surface area contributed by atoms with Gasteiger partial charge in [-0.15, -0.1) is 6.58 Å². The van der Waals surface area contributed by atoms with Gasteiger partial charge in [-0.25, -0.2) is 9.97 Å². The molecule has 0 radical (unpaired) electrons. The van der Waals surface area contributed by atoms with E-state index in [1.165, 1.54) is 0 Å². The Morgan fingerprint density at radius 1 is 1.33 bits per heavy atom. The van der Waals surface area contributed by atoms with Gasteiger partial charge in [-0.3, -0.25) is 4.68 Å². The van der Waals surface area contributed by atoms with E-state index in [-0.39, 0.29) is 0 Å². The summed E-state index contributed by atoms with van der Waals surface area (Å²) in [6, 6.07) is 0. The highest BCUT2D eigenvalue weighted by molar-refractivity contribution is 5.87. The number of hydrogen-bond acceptors (Lipinski definition) is 4. The zero-order valence-corrected chi connectivity index (χ0v) is 11.2. The number of rotatable bonds is 5. The largest absolute Gasteiger partial charge is 0.365 e. The van der Waals surface area contributed by atoms with Gasteiger partial charge in [0.25, 0.3) is 0 Å². The summed E-state index contributed by atoms with van der Waals surface area (Å²) >= 11 is 0. The van der Waals surface area contributed by atoms with Gasteiger partial charge in [0.1, 0.15) is 16.9 Å². The highest BCUT2D eigenvalue weighted by atomic mass is 15.3. The maximum Gasteiger partial charge on any atom is 0.156 e. The van der Waals surface area contributed by atoms with Crippen LogP contribution in [0, 0.1) is 6.92 Å². The number of anilines is 1. The lowest BCUT2D eigenvalue weighted by molar-refractivity contribution is 0.675. The average Bonchev–Trinajstić information content (AvgIpc) is 2.72. The standard InChI is InChI=1S/C13H19N5/c1-5-8-14-13-12-11(15-10(6-2)16-13)9(4)17-18(12)7-3/h5H,1,6-8H2,2-4H3,(H,14,15,16). The molecule has 1 N–H and O–H groups in total. The van der Waals surface area contributed by atoms with Crippen molar-refractivity contribution in [2.24, 2.45) is 0 Å². The predicted octanol–water partition coefficient (Wildman–Crippen LogP) is 2.31. The van der Waals surface area contributed by atoms with Crippen LogP contribution in [0.15, 0.2) is 12.7 Å². The molecule has 0 aliphatic heterocycles. The quantitative estimate of drug-likeness (QED) is 0.821. The van der Waals surface area contributed by atoms with E-state index in [0.717, 1.165) is 41.3 Å². The van der Waals surface area contributed by atoms with E-state index in [4.69, 9.17) is 0 Å². The van der Waals surface area contributed by atoms with Gasteiger partial charge in [0.2, 0.25) is 0 Å². The maximum atomic E-state index is 4.57. The minimum absolute atomic E-state index is 0.684. The van der Waals surface area contributed by atoms with E-state index >= 15 is 0 Å². The molecule has 96 valence electrons. The molecule has 0 aliphatic rings. The zero-order chi connectivity index (χ0) is 13.1. The van der Waals surface area contributed by atoms with Crippen LogP contribution in [0.4, 0.5) is 5.82 Å². The Morgan fingerprint density at radius 3 is 2.72 bits per heavy atom. The van der Waals surface area contributed by atoms with Gasteiger partial charge in [0, 0.05) is 19.5 Å². The molecule has 2 heterocycles. The van der Waals surface area contributed by atoms with Crippen LogP contribution < -0.4 is 5.32 Å². The highest BCUT2D eigenvalue weighted by Crippen LogP contribution is 2.23. The van der Waals surface area contributed by atoms with Crippen molar-refractivity contribution in [2.75, 3.05) is 11.9 Å². The summed E-state index contributed by atoms with van der Waals surface area (Å²) in [6.07, 6.45) is 2.63. The second kappa shape index (κ2) is 5.16. The molecule has 0 amide bonds. The molecular formula is C13H19N5. The van der Waals surface area contributed by atoms with E-state index in [9.17, 15) is 0 Å². The van der Waals surface area contributed by atoms with Crippen molar-refractivity contribution in [3.8, 4) is 0 Å². The predicted molar refractivity (Wildman–Crippen MR) is 73.8 cm³/mol. The molecule has 0 fully saturated rings. The summed E-state index contributed by atoms with van der Waals surface area (Å²) in [6.45, 7) is 11.3. The fourth-order valence-corrected chi connectivity index (χ4v) is 1.96. The fourth-order valence-electron chi connectivity index (χ4n) is 1.96. The number of aromatic nitrogens is 4. The molecule has 0 aliphatic carbocycles. The molecule has 0 saturated heterocycles. The minimum atomic E-state index is 0.684. The first-order valence-corrected chi connectivity index (χ1v) is 6.30. The first kappa shape index (κ1) is 12.5. The Hall–Kier alpha value is -1.91. The second-order valence-electron chi connectivity index (χ2n) is 4.11. The average molecular weight is 245 g/mol. The topological polar surface area (TPSA) is 55.6 Å². The molecule has 2 aromatic heterocycles. The Bertz CT molecular complexity index is 570. The van der Waals surface area contributed by atoms with E-state index in [1.54, 1.807) is 0 Å². The number of nitrogens with zero attached hydrogens (tertiary/aromatic N) is 4. The van der Waals surface area contributed by atoms with Crippen molar-refractivity contribution in [3.05, 3.63) is 24.2 Å². The molecule has 0 bridgehead atoms. The van der Waals surface area contributed by atoms with E-state index < -0.39 is 0 Å². The molecular weight excluding hydrogens is 226 g/mol. The molecule has 5 nitrogen and oxygen atoms in total. The molecule has 0 unspecified atom stereocenters. The van der Waals surface area contributed by atoms with Crippen molar-refractivity contribution in [1.82, 2.24) is 19.7 Å². The van der Waals surface area contributed by atoms with Gasteiger partial charge in [0.15, 0.2) is 5.82 Å². The maximum absolute atomic E-state index is 4.57. The first-order valence-electron chi connectivity index (χ1n) is 6.30. The molecule has 2 rings (SSSR count). The molecule has 0 aromatic carbocycles. The van der Waals surface area contributed by atoms with Crippen molar-refractivity contribution in [3.63, 3.8) is 0 Å². The third-order valence-electron chi connectivity index (χ3n) is 2.83. The van der Waals surface area contributed by atoms with Crippen LogP contribution in [0.3, 0.4) is 0 Å². The zero-order valence-electron chi connectivity index (χ0n) is 11.2. The van der Waals surface area contributed by atoms with E-state index in [2.05, 4.69) is 40.8 Å². The lowest BCUT2D eigenvalue weighted by Gasteiger charge is -2.08. The smallest absolute Gasteiger partial charge is 0.156 e. The lowest BCUT2D eigenvalue weighted by atomic mass is 10.3. The SMILES string of the molecule is C=CCNc1nc(CC)nc2c(C)nn(CC)c12. The van der Waals surface area contributed by atoms with Crippen LogP contribution >= 0.6 is 0 Å². The van der Waals surface area contributed by atoms with Crippen LogP contribution in [0.1, 0.15) is 25.4 Å². The van der Waals surface area contributed by atoms with E-state index in [0.29, 0.717) is 6.54 Å². The first-order chi connectivity index (χ1) is 8.71. The molecule has 5 heteroatoms. The summed E-state index contributed by atoms with van der Waals surface area (Å²) < 4.78 is 1.94. The normalized spacial score (nSPS) is 10.8. The van der Waals surface area contributed by atoms with E-state index in [1.807, 2.05) is 17.7 Å². The van der Waals surface area contributed by atoms with Gasteiger partial charge >= 0.3 is 0 Å². The van der Waals surface area contributed by atoms with Gasteiger partial charge in [-0.1, -0.05) is 13.0 Å². The van der Waals surface area contributed by atoms with Crippen molar-refractivity contribution >= 4 is 16.9 Å². The number of hydrogen-bond donors (Lipinski definition) is 1. The van der Waals surface area contributed by atoms with Gasteiger partial charge in [-0.05, 0) is 13.8 Å². The molecule has 0 saturated carbocycles. The van der Waals surface area contributed by atoms with Crippen molar-refractivity contribution < 1.29 is 0 Å². The molecule has 0 atom stereocenters. The van der Waals surface area contributed by atoms with Crippen LogP contribution in [0.5, 0.6) is 0 Å². The summed E-state index contributed by atoms with van der Waals surface area (Å²) in [4.78, 5) is 9.12. The third kappa shape index (κ3) is 2.08. The van der Waals surface area contributed by atoms with Gasteiger partial charge in [-0.2, -0.15) is 5.10 Å². The number of aryl methyl sites for hydroxylation is 3. The Kier molecular flexibility index (Phi) is 3.60. The number of nitrogens with one attached hydrogen (secondary N) is 1.